The van der Waals surface area contributed by atoms with Crippen molar-refractivity contribution >= 4 is 33.5 Å². The Bertz CT molecular complexity index is 959. The molecule has 1 amide bonds. The number of hydrogen-bond donors (Lipinski definition) is 1. The van der Waals surface area contributed by atoms with Crippen LogP contribution in [-0.4, -0.2) is 32.9 Å². The Hall–Kier alpha value is -2.39. The number of nitrogens with zero attached hydrogens (tertiary/aromatic N) is 4. The molecule has 4 heterocycles. The van der Waals surface area contributed by atoms with Crippen LogP contribution in [0.1, 0.15) is 65.5 Å². The molecule has 1 atom stereocenters. The van der Waals surface area contributed by atoms with E-state index < -0.39 is 0 Å². The fraction of sp³-hybridized carbons (Fsp3) is 0.471. The number of rotatable bonds is 4. The second-order valence-corrected chi connectivity index (χ2v) is 7.61. The third kappa shape index (κ3) is 3.08. The van der Waals surface area contributed by atoms with E-state index in [0.29, 0.717) is 27.5 Å². The number of pyridine rings is 1. The van der Waals surface area contributed by atoms with Crippen LogP contribution in [0.5, 0.6) is 0 Å². The summed E-state index contributed by atoms with van der Waals surface area (Å²) in [6, 6.07) is 1.79. The van der Waals surface area contributed by atoms with Gasteiger partial charge in [0.25, 0.3) is 11.6 Å². The van der Waals surface area contributed by atoms with Crippen molar-refractivity contribution in [3.8, 4) is 0 Å². The van der Waals surface area contributed by atoms with Crippen molar-refractivity contribution in [2.45, 2.75) is 45.6 Å². The molecule has 0 saturated carbocycles. The maximum atomic E-state index is 12.9. The third-order valence-electron chi connectivity index (χ3n) is 4.34. The summed E-state index contributed by atoms with van der Waals surface area (Å²) >= 11 is 1.34. The SMILES string of the molecule is Cc1noc2nc(C(C)C)cc(C(=O)Nc3nnc([C@@H]4CCCO4)s3)c12. The van der Waals surface area contributed by atoms with Crippen LogP contribution in [0.3, 0.4) is 0 Å². The molecule has 1 fully saturated rings. The van der Waals surface area contributed by atoms with Crippen LogP contribution in [0.2, 0.25) is 0 Å². The Morgan fingerprint density at radius 2 is 2.23 bits per heavy atom. The highest BCUT2D eigenvalue weighted by Gasteiger charge is 2.24. The first-order valence-electron chi connectivity index (χ1n) is 8.56. The lowest BCUT2D eigenvalue weighted by Crippen LogP contribution is -2.13. The minimum absolute atomic E-state index is 0.0151. The highest BCUT2D eigenvalue weighted by molar-refractivity contribution is 7.15. The molecule has 1 aliphatic rings. The number of fused-ring (bicyclic) bond motifs is 1. The van der Waals surface area contributed by atoms with E-state index in [1.165, 1.54) is 11.3 Å². The van der Waals surface area contributed by atoms with Crippen LogP contribution in [0.4, 0.5) is 5.13 Å². The molecule has 0 aromatic carbocycles. The highest BCUT2D eigenvalue weighted by Crippen LogP contribution is 2.32. The fourth-order valence-corrected chi connectivity index (χ4v) is 3.76. The monoisotopic (exact) mass is 373 g/mol. The van der Waals surface area contributed by atoms with Gasteiger partial charge in [0, 0.05) is 12.3 Å². The lowest BCUT2D eigenvalue weighted by atomic mass is 10.0. The number of aryl methyl sites for hydroxylation is 1. The minimum Gasteiger partial charge on any atom is -0.371 e. The molecule has 0 bridgehead atoms. The Labute approximate surface area is 154 Å². The van der Waals surface area contributed by atoms with Gasteiger partial charge in [0.1, 0.15) is 11.1 Å². The van der Waals surface area contributed by atoms with Crippen molar-refractivity contribution in [2.24, 2.45) is 0 Å². The Morgan fingerprint density at radius 3 is 2.96 bits per heavy atom. The molecule has 8 nitrogen and oxygen atoms in total. The van der Waals surface area contributed by atoms with Gasteiger partial charge >= 0.3 is 0 Å². The molecule has 1 saturated heterocycles. The predicted molar refractivity (Wildman–Crippen MR) is 96.4 cm³/mol. The average molecular weight is 373 g/mol. The largest absolute Gasteiger partial charge is 0.371 e. The van der Waals surface area contributed by atoms with Gasteiger partial charge in [-0.15, -0.1) is 10.2 Å². The van der Waals surface area contributed by atoms with E-state index in [9.17, 15) is 4.79 Å². The van der Waals surface area contributed by atoms with E-state index in [2.05, 4.69) is 25.7 Å². The van der Waals surface area contributed by atoms with Crippen LogP contribution in [0, 0.1) is 6.92 Å². The highest BCUT2D eigenvalue weighted by atomic mass is 32.1. The van der Waals surface area contributed by atoms with Crippen molar-refractivity contribution < 1.29 is 14.1 Å². The molecular formula is C17H19N5O3S. The fourth-order valence-electron chi connectivity index (χ4n) is 2.94. The van der Waals surface area contributed by atoms with Crippen LogP contribution in [0.25, 0.3) is 11.1 Å². The van der Waals surface area contributed by atoms with E-state index in [1.54, 1.807) is 13.0 Å². The van der Waals surface area contributed by atoms with Crippen LogP contribution in [-0.2, 0) is 4.74 Å². The maximum Gasteiger partial charge on any atom is 0.259 e. The standard InChI is InChI=1S/C17H19N5O3S/c1-8(2)11-7-10(13-9(3)22-25-15(13)18-11)14(23)19-17-21-20-16(26-17)12-5-4-6-24-12/h7-8,12H,4-6H2,1-3H3,(H,19,21,23)/t12-/m0/s1. The Balaban J connectivity index is 1.64. The molecule has 1 aliphatic heterocycles. The number of nitrogens with one attached hydrogen (secondary N) is 1. The van der Waals surface area contributed by atoms with Gasteiger partial charge in [0.15, 0.2) is 0 Å². The van der Waals surface area contributed by atoms with Gasteiger partial charge in [-0.3, -0.25) is 10.1 Å². The first kappa shape index (κ1) is 17.0. The lowest BCUT2D eigenvalue weighted by Gasteiger charge is -2.08. The van der Waals surface area contributed by atoms with Crippen LogP contribution in [0.15, 0.2) is 10.6 Å². The molecule has 1 N–H and O–H groups in total. The zero-order valence-electron chi connectivity index (χ0n) is 14.8. The van der Waals surface area contributed by atoms with Crippen molar-refractivity contribution in [3.63, 3.8) is 0 Å². The molecule has 0 unspecified atom stereocenters. The van der Waals surface area contributed by atoms with Gasteiger partial charge in [-0.1, -0.05) is 30.3 Å². The molecule has 136 valence electrons. The summed E-state index contributed by atoms with van der Waals surface area (Å²) in [5.74, 6) is -0.121. The zero-order valence-corrected chi connectivity index (χ0v) is 15.6. The molecule has 3 aromatic rings. The molecule has 0 aliphatic carbocycles. The summed E-state index contributed by atoms with van der Waals surface area (Å²) in [4.78, 5) is 17.3. The predicted octanol–water partition coefficient (Wildman–Crippen LogP) is 3.61. The lowest BCUT2D eigenvalue weighted by molar-refractivity contribution is 0.102. The summed E-state index contributed by atoms with van der Waals surface area (Å²) in [6.45, 7) is 6.56. The Kier molecular flexibility index (Phi) is 4.41. The zero-order chi connectivity index (χ0) is 18.3. The van der Waals surface area contributed by atoms with Gasteiger partial charge in [-0.25, -0.2) is 4.98 Å². The van der Waals surface area contributed by atoms with Gasteiger partial charge in [-0.2, -0.15) is 0 Å². The molecule has 26 heavy (non-hydrogen) atoms. The molecule has 0 spiro atoms. The Morgan fingerprint density at radius 1 is 1.38 bits per heavy atom. The average Bonchev–Trinajstić information content (AvgIpc) is 3.35. The van der Waals surface area contributed by atoms with E-state index in [4.69, 9.17) is 9.26 Å². The van der Waals surface area contributed by atoms with E-state index in [-0.39, 0.29) is 17.9 Å². The summed E-state index contributed by atoms with van der Waals surface area (Å²) < 4.78 is 10.9. The van der Waals surface area contributed by atoms with Gasteiger partial charge in [0.05, 0.1) is 16.6 Å². The van der Waals surface area contributed by atoms with Gasteiger partial charge < -0.3 is 9.26 Å². The normalized spacial score (nSPS) is 17.3. The second kappa shape index (κ2) is 6.73. The second-order valence-electron chi connectivity index (χ2n) is 6.60. The summed E-state index contributed by atoms with van der Waals surface area (Å²) in [6.07, 6.45) is 1.94. The van der Waals surface area contributed by atoms with Crippen LogP contribution < -0.4 is 5.32 Å². The summed E-state index contributed by atoms with van der Waals surface area (Å²) in [7, 11) is 0. The number of carbonyl (C=O) groups is 1. The summed E-state index contributed by atoms with van der Waals surface area (Å²) in [5, 5.41) is 16.9. The topological polar surface area (TPSA) is 103 Å². The van der Waals surface area contributed by atoms with Gasteiger partial charge in [-0.05, 0) is 31.7 Å². The number of aromatic nitrogens is 4. The molecule has 0 radical (unpaired) electrons. The van der Waals surface area contributed by atoms with E-state index >= 15 is 0 Å². The number of anilines is 1. The van der Waals surface area contributed by atoms with Crippen molar-refractivity contribution in [3.05, 3.63) is 28.0 Å². The summed E-state index contributed by atoms with van der Waals surface area (Å²) in [5.41, 5.74) is 2.25. The quantitative estimate of drug-likeness (QED) is 0.745. The molecular weight excluding hydrogens is 354 g/mol. The maximum absolute atomic E-state index is 12.9. The molecule has 4 rings (SSSR count). The first-order chi connectivity index (χ1) is 12.5. The van der Waals surface area contributed by atoms with E-state index in [0.717, 1.165) is 30.2 Å². The minimum atomic E-state index is -0.277. The van der Waals surface area contributed by atoms with Crippen LogP contribution >= 0.6 is 11.3 Å². The molecule has 3 aromatic heterocycles. The number of carbonyl (C=O) groups excluding carboxylic acids is 1. The third-order valence-corrected chi connectivity index (χ3v) is 5.27. The number of hydrogen-bond acceptors (Lipinski definition) is 8. The van der Waals surface area contributed by atoms with Crippen molar-refractivity contribution in [1.29, 1.82) is 0 Å². The van der Waals surface area contributed by atoms with Gasteiger partial charge in [0.2, 0.25) is 5.13 Å². The van der Waals surface area contributed by atoms with Crippen molar-refractivity contribution in [2.75, 3.05) is 11.9 Å². The van der Waals surface area contributed by atoms with E-state index in [1.807, 2.05) is 13.8 Å². The molecule has 9 heteroatoms. The number of ether oxygens (including phenoxy) is 1. The van der Waals surface area contributed by atoms with Crippen molar-refractivity contribution in [1.82, 2.24) is 20.3 Å². The first-order valence-corrected chi connectivity index (χ1v) is 9.38. The smallest absolute Gasteiger partial charge is 0.259 e. The number of amides is 1.